The molecule has 1 saturated heterocycles. The van der Waals surface area contributed by atoms with Crippen molar-refractivity contribution >= 4 is 10.0 Å². The molecule has 3 rings (SSSR count). The van der Waals surface area contributed by atoms with Gasteiger partial charge in [-0.3, -0.25) is 0 Å². The van der Waals surface area contributed by atoms with Crippen molar-refractivity contribution in [2.24, 2.45) is 5.73 Å². The number of hydrogen-bond donors (Lipinski definition) is 1. The first-order valence-electron chi connectivity index (χ1n) is 7.65. The Morgan fingerprint density at radius 3 is 2.68 bits per heavy atom. The van der Waals surface area contributed by atoms with Crippen molar-refractivity contribution in [3.8, 4) is 11.5 Å². The van der Waals surface area contributed by atoms with Crippen LogP contribution in [-0.4, -0.2) is 44.6 Å². The molecule has 2 aliphatic heterocycles. The highest BCUT2D eigenvalue weighted by molar-refractivity contribution is 7.89. The van der Waals surface area contributed by atoms with Crippen LogP contribution in [0.3, 0.4) is 0 Å². The maximum atomic E-state index is 12.9. The summed E-state index contributed by atoms with van der Waals surface area (Å²) >= 11 is 0. The van der Waals surface area contributed by atoms with Crippen molar-refractivity contribution in [2.75, 3.05) is 19.8 Å². The Morgan fingerprint density at radius 1 is 1.23 bits per heavy atom. The molecule has 1 aromatic carbocycles. The number of rotatable bonds is 2. The summed E-state index contributed by atoms with van der Waals surface area (Å²) in [6.45, 7) is 3.48. The largest absolute Gasteiger partial charge is 0.490 e. The predicted octanol–water partition coefficient (Wildman–Crippen LogP) is 1.35. The van der Waals surface area contributed by atoms with Gasteiger partial charge in [-0.15, -0.1) is 0 Å². The second-order valence-electron chi connectivity index (χ2n) is 5.91. The van der Waals surface area contributed by atoms with Crippen LogP contribution in [0.5, 0.6) is 11.5 Å². The van der Waals surface area contributed by atoms with Crippen LogP contribution in [0.2, 0.25) is 0 Å². The molecule has 6 nitrogen and oxygen atoms in total. The van der Waals surface area contributed by atoms with Crippen LogP contribution in [0.1, 0.15) is 26.2 Å². The molecule has 0 amide bonds. The van der Waals surface area contributed by atoms with Crippen LogP contribution in [0.4, 0.5) is 0 Å². The second kappa shape index (κ2) is 6.06. The smallest absolute Gasteiger partial charge is 0.243 e. The fourth-order valence-electron chi connectivity index (χ4n) is 2.98. The van der Waals surface area contributed by atoms with Gasteiger partial charge in [-0.05, 0) is 31.9 Å². The molecule has 2 N–H and O–H groups in total. The number of sulfonamides is 1. The third-order valence-electron chi connectivity index (χ3n) is 4.18. The lowest BCUT2D eigenvalue weighted by Crippen LogP contribution is -2.48. The van der Waals surface area contributed by atoms with Crippen molar-refractivity contribution in [3.63, 3.8) is 0 Å². The average Bonchev–Trinajstić information content (AvgIpc) is 2.71. The highest BCUT2D eigenvalue weighted by atomic mass is 32.2. The summed E-state index contributed by atoms with van der Waals surface area (Å²) in [6.07, 6.45) is 2.16. The number of benzene rings is 1. The third kappa shape index (κ3) is 2.93. The van der Waals surface area contributed by atoms with Crippen LogP contribution in [0.25, 0.3) is 0 Å². The van der Waals surface area contributed by atoms with Crippen LogP contribution in [0.15, 0.2) is 23.1 Å². The van der Waals surface area contributed by atoms with Gasteiger partial charge in [0.15, 0.2) is 11.5 Å². The summed E-state index contributed by atoms with van der Waals surface area (Å²) in [5.41, 5.74) is 5.92. The van der Waals surface area contributed by atoms with Gasteiger partial charge in [-0.1, -0.05) is 0 Å². The zero-order valence-electron chi connectivity index (χ0n) is 12.7. The number of fused-ring (bicyclic) bond motifs is 1. The Hall–Kier alpha value is -1.31. The number of hydrogen-bond acceptors (Lipinski definition) is 5. The summed E-state index contributed by atoms with van der Waals surface area (Å²) in [5, 5.41) is 0. The van der Waals surface area contributed by atoms with E-state index in [0.29, 0.717) is 44.1 Å². The van der Waals surface area contributed by atoms with E-state index in [1.54, 1.807) is 18.2 Å². The zero-order chi connectivity index (χ0) is 15.7. The molecule has 2 aliphatic rings. The second-order valence-corrected chi connectivity index (χ2v) is 7.80. The highest BCUT2D eigenvalue weighted by Gasteiger charge is 2.34. The van der Waals surface area contributed by atoms with Crippen molar-refractivity contribution < 1.29 is 17.9 Å². The van der Waals surface area contributed by atoms with E-state index in [1.165, 1.54) is 4.31 Å². The molecule has 122 valence electrons. The molecular formula is C15H22N2O4S. The third-order valence-corrected chi connectivity index (χ3v) is 6.19. The van der Waals surface area contributed by atoms with E-state index in [2.05, 4.69) is 0 Å². The van der Waals surface area contributed by atoms with Gasteiger partial charge in [0, 0.05) is 31.1 Å². The lowest BCUT2D eigenvalue weighted by molar-refractivity contribution is 0.247. The van der Waals surface area contributed by atoms with E-state index in [9.17, 15) is 8.42 Å². The van der Waals surface area contributed by atoms with Crippen LogP contribution in [0, 0.1) is 0 Å². The molecule has 7 heteroatoms. The molecule has 2 heterocycles. The van der Waals surface area contributed by atoms with Crippen molar-refractivity contribution in [1.82, 2.24) is 4.31 Å². The minimum atomic E-state index is -3.54. The molecular weight excluding hydrogens is 304 g/mol. The van der Waals surface area contributed by atoms with Gasteiger partial charge in [-0.25, -0.2) is 8.42 Å². The van der Waals surface area contributed by atoms with E-state index < -0.39 is 10.0 Å². The Bertz CT molecular complexity index is 647. The average molecular weight is 326 g/mol. The van der Waals surface area contributed by atoms with Gasteiger partial charge >= 0.3 is 0 Å². The van der Waals surface area contributed by atoms with E-state index >= 15 is 0 Å². The van der Waals surface area contributed by atoms with E-state index in [1.807, 2.05) is 6.92 Å². The lowest BCUT2D eigenvalue weighted by Gasteiger charge is -2.35. The molecule has 2 atom stereocenters. The molecule has 0 radical (unpaired) electrons. The highest BCUT2D eigenvalue weighted by Crippen LogP contribution is 2.34. The first-order chi connectivity index (χ1) is 10.5. The number of nitrogens with zero attached hydrogens (tertiary/aromatic N) is 1. The SMILES string of the molecule is C[C@@H]1C[C@H](N)CCN1S(=O)(=O)c1ccc2c(c1)OCCCO2. The van der Waals surface area contributed by atoms with Crippen LogP contribution in [-0.2, 0) is 10.0 Å². The molecule has 0 saturated carbocycles. The Balaban J connectivity index is 1.91. The molecule has 1 aromatic rings. The Labute approximate surface area is 131 Å². The fraction of sp³-hybridized carbons (Fsp3) is 0.600. The summed E-state index contributed by atoms with van der Waals surface area (Å²) < 4.78 is 38.4. The molecule has 0 aromatic heterocycles. The monoisotopic (exact) mass is 326 g/mol. The molecule has 0 spiro atoms. The minimum absolute atomic E-state index is 0.0743. The Kier molecular flexibility index (Phi) is 4.29. The fourth-order valence-corrected chi connectivity index (χ4v) is 4.66. The maximum absolute atomic E-state index is 12.9. The van der Waals surface area contributed by atoms with E-state index in [0.717, 1.165) is 6.42 Å². The summed E-state index contributed by atoms with van der Waals surface area (Å²) in [4.78, 5) is 0.249. The number of piperidine rings is 1. The van der Waals surface area contributed by atoms with Gasteiger partial charge < -0.3 is 15.2 Å². The van der Waals surface area contributed by atoms with E-state index in [4.69, 9.17) is 15.2 Å². The molecule has 0 aliphatic carbocycles. The Morgan fingerprint density at radius 2 is 1.95 bits per heavy atom. The molecule has 1 fully saturated rings. The first kappa shape index (κ1) is 15.6. The van der Waals surface area contributed by atoms with Gasteiger partial charge in [0.1, 0.15) is 0 Å². The predicted molar refractivity (Wildman–Crippen MR) is 82.6 cm³/mol. The van der Waals surface area contributed by atoms with Gasteiger partial charge in [-0.2, -0.15) is 4.31 Å². The van der Waals surface area contributed by atoms with E-state index in [-0.39, 0.29) is 17.0 Å². The molecule has 0 unspecified atom stereocenters. The van der Waals surface area contributed by atoms with Gasteiger partial charge in [0.05, 0.1) is 18.1 Å². The first-order valence-corrected chi connectivity index (χ1v) is 9.09. The molecule has 22 heavy (non-hydrogen) atoms. The summed E-state index contributed by atoms with van der Waals surface area (Å²) in [6, 6.07) is 4.81. The van der Waals surface area contributed by atoms with Crippen LogP contribution < -0.4 is 15.2 Å². The lowest BCUT2D eigenvalue weighted by atomic mass is 10.0. The van der Waals surface area contributed by atoms with Gasteiger partial charge in [0.25, 0.3) is 0 Å². The van der Waals surface area contributed by atoms with Gasteiger partial charge in [0.2, 0.25) is 10.0 Å². The summed E-state index contributed by atoms with van der Waals surface area (Å²) in [5.74, 6) is 1.10. The number of ether oxygens (including phenoxy) is 2. The van der Waals surface area contributed by atoms with Crippen LogP contribution >= 0.6 is 0 Å². The maximum Gasteiger partial charge on any atom is 0.243 e. The van der Waals surface area contributed by atoms with Crippen molar-refractivity contribution in [2.45, 2.75) is 43.2 Å². The summed E-state index contributed by atoms with van der Waals surface area (Å²) in [7, 11) is -3.54. The number of nitrogens with two attached hydrogens (primary N) is 1. The normalized spacial score (nSPS) is 26.5. The van der Waals surface area contributed by atoms with Crippen molar-refractivity contribution in [1.29, 1.82) is 0 Å². The minimum Gasteiger partial charge on any atom is -0.490 e. The zero-order valence-corrected chi connectivity index (χ0v) is 13.5. The quantitative estimate of drug-likeness (QED) is 0.887. The standard InChI is InChI=1S/C15H22N2O4S/c1-11-9-12(16)5-6-17(11)22(18,19)13-3-4-14-15(10-13)21-8-2-7-20-14/h3-4,10-12H,2,5-9,16H2,1H3/t11-,12-/m1/s1. The topological polar surface area (TPSA) is 81.9 Å². The van der Waals surface area contributed by atoms with Crippen molar-refractivity contribution in [3.05, 3.63) is 18.2 Å². The molecule has 0 bridgehead atoms.